The molecule has 0 aromatic carbocycles. The maximum atomic E-state index is 13.1. The van der Waals surface area contributed by atoms with Gasteiger partial charge in [-0.15, -0.1) is 0 Å². The number of carboxylic acid groups (broad SMARTS) is 1. The van der Waals surface area contributed by atoms with Crippen molar-refractivity contribution in [1.82, 2.24) is 25.9 Å². The molecule has 0 saturated heterocycles. The minimum absolute atomic E-state index is 0.0890. The minimum Gasteiger partial charge on any atom is -0.480 e. The number of aliphatic carboxylic acids is 1. The standard InChI is InChI=1S/C22H39N11O6/c23-6-2-1-5-14(21(38)39)31-19(36)15(8-12-10-28-11-30-12)33-20(37)16(9-17(25)34)32-18(35)13(24)4-3-7-29-22(26)27/h10-11,13-16H,1-9,23-24H2,(H2,25,34)(H,28,30)(H,31,36)(H,32,35)(H,33,37)(H,38,39)(H4,26,27,29). The molecule has 0 fully saturated rings. The highest BCUT2D eigenvalue weighted by Crippen LogP contribution is 2.06. The number of rotatable bonds is 19. The molecule has 15 N–H and O–H groups in total. The first kappa shape index (κ1) is 32.8. The maximum absolute atomic E-state index is 13.1. The predicted molar refractivity (Wildman–Crippen MR) is 140 cm³/mol. The summed E-state index contributed by atoms with van der Waals surface area (Å²) in [5.74, 6) is -4.67. The van der Waals surface area contributed by atoms with Crippen molar-refractivity contribution < 1.29 is 29.1 Å². The van der Waals surface area contributed by atoms with Crippen molar-refractivity contribution in [3.8, 4) is 0 Å². The van der Waals surface area contributed by atoms with Crippen LogP contribution in [0.15, 0.2) is 17.5 Å². The molecule has 4 amide bonds. The van der Waals surface area contributed by atoms with E-state index in [1.807, 2.05) is 0 Å². The van der Waals surface area contributed by atoms with Crippen molar-refractivity contribution >= 4 is 35.6 Å². The van der Waals surface area contributed by atoms with Crippen molar-refractivity contribution in [1.29, 1.82) is 0 Å². The average molecular weight is 554 g/mol. The van der Waals surface area contributed by atoms with E-state index in [-0.39, 0.29) is 31.8 Å². The van der Waals surface area contributed by atoms with Crippen LogP contribution in [-0.2, 0) is 30.4 Å². The van der Waals surface area contributed by atoms with Crippen molar-refractivity contribution in [2.75, 3.05) is 13.1 Å². The number of carboxylic acids is 1. The Morgan fingerprint density at radius 3 is 2.13 bits per heavy atom. The number of aromatic amines is 1. The van der Waals surface area contributed by atoms with Gasteiger partial charge < -0.3 is 54.7 Å². The Labute approximate surface area is 225 Å². The molecule has 0 spiro atoms. The van der Waals surface area contributed by atoms with E-state index in [9.17, 15) is 29.1 Å². The van der Waals surface area contributed by atoms with Gasteiger partial charge in [-0.05, 0) is 38.6 Å². The smallest absolute Gasteiger partial charge is 0.326 e. The van der Waals surface area contributed by atoms with Gasteiger partial charge in [0.1, 0.15) is 18.1 Å². The molecular weight excluding hydrogens is 514 g/mol. The molecule has 0 aliphatic heterocycles. The van der Waals surface area contributed by atoms with Crippen LogP contribution in [0.25, 0.3) is 0 Å². The number of nitrogens with zero attached hydrogens (tertiary/aromatic N) is 2. The van der Waals surface area contributed by atoms with E-state index in [0.29, 0.717) is 31.5 Å². The molecule has 0 bridgehead atoms. The summed E-state index contributed by atoms with van der Waals surface area (Å²) in [4.78, 5) is 72.4. The molecule has 0 aliphatic rings. The van der Waals surface area contributed by atoms with Gasteiger partial charge in [-0.1, -0.05) is 0 Å². The first-order chi connectivity index (χ1) is 18.4. The Bertz CT molecular complexity index is 981. The largest absolute Gasteiger partial charge is 0.480 e. The van der Waals surface area contributed by atoms with Gasteiger partial charge >= 0.3 is 5.97 Å². The fourth-order valence-electron chi connectivity index (χ4n) is 3.46. The van der Waals surface area contributed by atoms with Crippen LogP contribution in [0.2, 0.25) is 0 Å². The third-order valence-electron chi connectivity index (χ3n) is 5.52. The van der Waals surface area contributed by atoms with Gasteiger partial charge in [0, 0.05) is 24.9 Å². The molecule has 1 rings (SSSR count). The van der Waals surface area contributed by atoms with E-state index in [0.717, 1.165) is 0 Å². The molecular formula is C22H39N11O6. The molecule has 1 aromatic rings. The monoisotopic (exact) mass is 553 g/mol. The van der Waals surface area contributed by atoms with Crippen LogP contribution in [0.5, 0.6) is 0 Å². The lowest BCUT2D eigenvalue weighted by atomic mass is 10.1. The third-order valence-corrected chi connectivity index (χ3v) is 5.52. The summed E-state index contributed by atoms with van der Waals surface area (Å²) in [5.41, 5.74) is 27.5. The van der Waals surface area contributed by atoms with E-state index in [1.165, 1.54) is 12.5 Å². The van der Waals surface area contributed by atoms with Crippen LogP contribution < -0.4 is 44.6 Å². The highest BCUT2D eigenvalue weighted by atomic mass is 16.4. The summed E-state index contributed by atoms with van der Waals surface area (Å²) in [5, 5.41) is 16.8. The zero-order valence-electron chi connectivity index (χ0n) is 21.6. The molecule has 39 heavy (non-hydrogen) atoms. The number of aromatic nitrogens is 2. The molecule has 17 heteroatoms. The van der Waals surface area contributed by atoms with E-state index in [2.05, 4.69) is 30.9 Å². The number of unbranched alkanes of at least 4 members (excludes halogenated alkanes) is 1. The summed E-state index contributed by atoms with van der Waals surface area (Å²) >= 11 is 0. The highest BCUT2D eigenvalue weighted by Gasteiger charge is 2.31. The quantitative estimate of drug-likeness (QED) is 0.0445. The first-order valence-electron chi connectivity index (χ1n) is 12.3. The first-order valence-corrected chi connectivity index (χ1v) is 12.3. The lowest BCUT2D eigenvalue weighted by Crippen LogP contribution is -2.58. The molecule has 1 aromatic heterocycles. The van der Waals surface area contributed by atoms with Gasteiger partial charge in [0.25, 0.3) is 0 Å². The van der Waals surface area contributed by atoms with E-state index >= 15 is 0 Å². The van der Waals surface area contributed by atoms with Gasteiger partial charge in [0.2, 0.25) is 23.6 Å². The Balaban J connectivity index is 2.98. The molecule has 218 valence electrons. The number of imidazole rings is 1. The number of H-pyrrole nitrogens is 1. The van der Waals surface area contributed by atoms with Crippen molar-refractivity contribution in [3.63, 3.8) is 0 Å². The lowest BCUT2D eigenvalue weighted by molar-refractivity contribution is -0.142. The lowest BCUT2D eigenvalue weighted by Gasteiger charge is -2.24. The normalized spacial score (nSPS) is 13.8. The van der Waals surface area contributed by atoms with Crippen molar-refractivity contribution in [2.45, 2.75) is 69.1 Å². The highest BCUT2D eigenvalue weighted by molar-refractivity contribution is 5.96. The number of guanidine groups is 1. The van der Waals surface area contributed by atoms with Gasteiger partial charge in [-0.3, -0.25) is 24.2 Å². The molecule has 17 nitrogen and oxygen atoms in total. The van der Waals surface area contributed by atoms with Crippen LogP contribution in [0.3, 0.4) is 0 Å². The number of carbonyl (C=O) groups excluding carboxylic acids is 4. The Hall–Kier alpha value is -4.25. The molecule has 0 aliphatic carbocycles. The van der Waals surface area contributed by atoms with Crippen LogP contribution >= 0.6 is 0 Å². The number of amides is 4. The number of nitrogens with two attached hydrogens (primary N) is 5. The fourth-order valence-corrected chi connectivity index (χ4v) is 3.46. The minimum atomic E-state index is -1.45. The van der Waals surface area contributed by atoms with Crippen LogP contribution in [0.1, 0.15) is 44.2 Å². The fraction of sp³-hybridized carbons (Fsp3) is 0.591. The second-order valence-corrected chi connectivity index (χ2v) is 8.81. The topological polar surface area (TPSA) is 313 Å². The van der Waals surface area contributed by atoms with E-state index in [1.54, 1.807) is 0 Å². The Morgan fingerprint density at radius 2 is 1.56 bits per heavy atom. The summed E-state index contributed by atoms with van der Waals surface area (Å²) in [7, 11) is 0. The molecule has 0 radical (unpaired) electrons. The summed E-state index contributed by atoms with van der Waals surface area (Å²) in [6.45, 7) is 0.605. The number of hydrogen-bond acceptors (Lipinski definition) is 9. The summed E-state index contributed by atoms with van der Waals surface area (Å²) < 4.78 is 0. The second-order valence-electron chi connectivity index (χ2n) is 8.81. The van der Waals surface area contributed by atoms with Crippen LogP contribution in [0.4, 0.5) is 0 Å². The number of hydrogen-bond donors (Lipinski definition) is 10. The summed E-state index contributed by atoms with van der Waals surface area (Å²) in [6, 6.07) is -5.00. The second kappa shape index (κ2) is 17.3. The number of nitrogens with one attached hydrogen (secondary N) is 4. The maximum Gasteiger partial charge on any atom is 0.326 e. The van der Waals surface area contributed by atoms with Crippen molar-refractivity contribution in [3.05, 3.63) is 18.2 Å². The zero-order valence-corrected chi connectivity index (χ0v) is 21.6. The van der Waals surface area contributed by atoms with Gasteiger partial charge in [-0.2, -0.15) is 0 Å². The third kappa shape index (κ3) is 13.2. The Kier molecular flexibility index (Phi) is 14.5. The number of carbonyl (C=O) groups is 5. The number of aliphatic imine (C=N–C) groups is 1. The van der Waals surface area contributed by atoms with Crippen LogP contribution in [0, 0.1) is 0 Å². The predicted octanol–water partition coefficient (Wildman–Crippen LogP) is -4.12. The molecule has 0 saturated carbocycles. The molecule has 4 atom stereocenters. The van der Waals surface area contributed by atoms with Crippen molar-refractivity contribution in [2.24, 2.45) is 33.7 Å². The Morgan fingerprint density at radius 1 is 0.923 bits per heavy atom. The average Bonchev–Trinajstić information content (AvgIpc) is 3.37. The summed E-state index contributed by atoms with van der Waals surface area (Å²) in [6.07, 6.45) is 3.84. The van der Waals surface area contributed by atoms with E-state index in [4.69, 9.17) is 28.7 Å². The zero-order chi connectivity index (χ0) is 29.4. The molecule has 4 unspecified atom stereocenters. The SMILES string of the molecule is NCCCCC(NC(=O)C(Cc1cnc[nH]1)NC(=O)C(CC(N)=O)NC(=O)C(N)CCCN=C(N)N)C(=O)O. The van der Waals surface area contributed by atoms with Gasteiger partial charge in [-0.25, -0.2) is 9.78 Å². The van der Waals surface area contributed by atoms with Gasteiger partial charge in [0.15, 0.2) is 5.96 Å². The van der Waals surface area contributed by atoms with Gasteiger partial charge in [0.05, 0.1) is 18.8 Å². The van der Waals surface area contributed by atoms with E-state index < -0.39 is 60.2 Å². The number of primary amides is 1. The van der Waals surface area contributed by atoms with Crippen LogP contribution in [-0.4, -0.2) is 87.9 Å². The molecule has 1 heterocycles.